The number of aliphatic hydroxyl groups is 1. The van der Waals surface area contributed by atoms with E-state index in [9.17, 15) is 9.90 Å². The van der Waals surface area contributed by atoms with Gasteiger partial charge in [-0.2, -0.15) is 5.26 Å². The minimum Gasteiger partial charge on any atom is -0.497 e. The van der Waals surface area contributed by atoms with E-state index in [1.54, 1.807) is 50.6 Å². The Morgan fingerprint density at radius 1 is 1.16 bits per heavy atom. The van der Waals surface area contributed by atoms with Crippen molar-refractivity contribution < 1.29 is 19.4 Å². The Labute approximate surface area is 146 Å². The Bertz CT molecular complexity index is 766. The van der Waals surface area contributed by atoms with E-state index in [2.05, 4.69) is 0 Å². The molecule has 130 valence electrons. The normalized spacial score (nSPS) is 10.0. The SMILES string of the molecule is COc1ccc(CN(CCO)C(=O)c2ccc(C#N)cc2)c(OC)c1. The van der Waals surface area contributed by atoms with Crippen molar-refractivity contribution >= 4 is 5.91 Å². The summed E-state index contributed by atoms with van der Waals surface area (Å²) < 4.78 is 10.5. The van der Waals surface area contributed by atoms with Gasteiger partial charge in [-0.1, -0.05) is 0 Å². The third kappa shape index (κ3) is 4.49. The van der Waals surface area contributed by atoms with Crippen molar-refractivity contribution in [1.82, 2.24) is 4.90 Å². The lowest BCUT2D eigenvalue weighted by molar-refractivity contribution is 0.0706. The lowest BCUT2D eigenvalue weighted by atomic mass is 10.1. The second kappa shape index (κ2) is 8.71. The summed E-state index contributed by atoms with van der Waals surface area (Å²) in [4.78, 5) is 14.3. The molecular formula is C19H20N2O4. The number of amides is 1. The number of methoxy groups -OCH3 is 2. The summed E-state index contributed by atoms with van der Waals surface area (Å²) in [5.41, 5.74) is 1.75. The van der Waals surface area contributed by atoms with E-state index in [4.69, 9.17) is 14.7 Å². The number of hydrogen-bond donors (Lipinski definition) is 1. The van der Waals surface area contributed by atoms with E-state index >= 15 is 0 Å². The van der Waals surface area contributed by atoms with Crippen LogP contribution < -0.4 is 9.47 Å². The van der Waals surface area contributed by atoms with Crippen molar-refractivity contribution in [2.75, 3.05) is 27.4 Å². The second-order valence-electron chi connectivity index (χ2n) is 5.32. The lowest BCUT2D eigenvalue weighted by Crippen LogP contribution is -2.33. The smallest absolute Gasteiger partial charge is 0.254 e. The number of carbonyl (C=O) groups excluding carboxylic acids is 1. The van der Waals surface area contributed by atoms with Gasteiger partial charge in [0, 0.05) is 30.3 Å². The molecule has 0 atom stereocenters. The summed E-state index contributed by atoms with van der Waals surface area (Å²) in [5, 5.41) is 18.2. The van der Waals surface area contributed by atoms with Gasteiger partial charge in [-0.3, -0.25) is 4.79 Å². The molecule has 6 heteroatoms. The first-order valence-corrected chi connectivity index (χ1v) is 7.74. The first-order chi connectivity index (χ1) is 12.1. The number of carbonyl (C=O) groups is 1. The van der Waals surface area contributed by atoms with Crippen LogP contribution in [0.1, 0.15) is 21.5 Å². The van der Waals surface area contributed by atoms with Crippen LogP contribution in [-0.2, 0) is 6.54 Å². The minimum atomic E-state index is -0.226. The summed E-state index contributed by atoms with van der Waals surface area (Å²) in [6, 6.07) is 13.8. The predicted octanol–water partition coefficient (Wildman–Crippen LogP) is 2.21. The third-order valence-corrected chi connectivity index (χ3v) is 3.77. The molecule has 2 rings (SSSR count). The van der Waals surface area contributed by atoms with Crippen LogP contribution in [-0.4, -0.2) is 43.3 Å². The van der Waals surface area contributed by atoms with Gasteiger partial charge in [0.1, 0.15) is 11.5 Å². The zero-order chi connectivity index (χ0) is 18.2. The number of rotatable bonds is 7. The quantitative estimate of drug-likeness (QED) is 0.835. The molecule has 0 bridgehead atoms. The van der Waals surface area contributed by atoms with Crippen LogP contribution in [0.4, 0.5) is 0 Å². The molecule has 0 aliphatic rings. The van der Waals surface area contributed by atoms with Crippen LogP contribution in [0, 0.1) is 11.3 Å². The molecule has 0 saturated heterocycles. The molecule has 0 spiro atoms. The molecule has 1 amide bonds. The highest BCUT2D eigenvalue weighted by molar-refractivity contribution is 5.94. The Hall–Kier alpha value is -3.04. The van der Waals surface area contributed by atoms with Crippen LogP contribution >= 0.6 is 0 Å². The Kier molecular flexibility index (Phi) is 6.38. The summed E-state index contributed by atoms with van der Waals surface area (Å²) >= 11 is 0. The molecule has 0 heterocycles. The van der Waals surface area contributed by atoms with E-state index in [1.165, 1.54) is 4.90 Å². The van der Waals surface area contributed by atoms with E-state index in [0.29, 0.717) is 22.6 Å². The summed E-state index contributed by atoms with van der Waals surface area (Å²) in [5.74, 6) is 1.04. The Morgan fingerprint density at radius 2 is 1.88 bits per heavy atom. The van der Waals surface area contributed by atoms with E-state index < -0.39 is 0 Å². The largest absolute Gasteiger partial charge is 0.497 e. The fraction of sp³-hybridized carbons (Fsp3) is 0.263. The summed E-state index contributed by atoms with van der Waals surface area (Å²) in [6.07, 6.45) is 0. The number of aliphatic hydroxyl groups excluding tert-OH is 1. The number of ether oxygens (including phenoxy) is 2. The second-order valence-corrected chi connectivity index (χ2v) is 5.32. The summed E-state index contributed by atoms with van der Waals surface area (Å²) in [6.45, 7) is 0.321. The van der Waals surface area contributed by atoms with Crippen LogP contribution in [0.2, 0.25) is 0 Å². The highest BCUT2D eigenvalue weighted by Crippen LogP contribution is 2.26. The van der Waals surface area contributed by atoms with Gasteiger partial charge in [0.05, 0.1) is 32.5 Å². The standard InChI is InChI=1S/C19H20N2O4/c1-24-17-8-7-16(18(11-17)25-2)13-21(9-10-22)19(23)15-5-3-14(12-20)4-6-15/h3-8,11,22H,9-10,13H2,1-2H3. The minimum absolute atomic E-state index is 0.152. The molecule has 0 saturated carbocycles. The first-order valence-electron chi connectivity index (χ1n) is 7.74. The molecule has 0 radical (unpaired) electrons. The highest BCUT2D eigenvalue weighted by Gasteiger charge is 2.18. The van der Waals surface area contributed by atoms with Gasteiger partial charge in [0.25, 0.3) is 5.91 Å². The van der Waals surface area contributed by atoms with Crippen LogP contribution in [0.3, 0.4) is 0 Å². The molecular weight excluding hydrogens is 320 g/mol. The van der Waals surface area contributed by atoms with E-state index in [0.717, 1.165) is 5.56 Å². The fourth-order valence-electron chi connectivity index (χ4n) is 2.43. The maximum Gasteiger partial charge on any atom is 0.254 e. The molecule has 6 nitrogen and oxygen atoms in total. The van der Waals surface area contributed by atoms with Gasteiger partial charge >= 0.3 is 0 Å². The van der Waals surface area contributed by atoms with Crippen LogP contribution in [0.5, 0.6) is 11.5 Å². The van der Waals surface area contributed by atoms with Crippen molar-refractivity contribution in [3.8, 4) is 17.6 Å². The van der Waals surface area contributed by atoms with Gasteiger partial charge in [-0.25, -0.2) is 0 Å². The fourth-order valence-corrected chi connectivity index (χ4v) is 2.43. The van der Waals surface area contributed by atoms with Gasteiger partial charge in [-0.05, 0) is 36.4 Å². The van der Waals surface area contributed by atoms with Crippen molar-refractivity contribution in [3.05, 3.63) is 59.2 Å². The predicted molar refractivity (Wildman–Crippen MR) is 92.5 cm³/mol. The molecule has 0 aliphatic heterocycles. The Balaban J connectivity index is 2.25. The molecule has 2 aromatic rings. The van der Waals surface area contributed by atoms with Crippen molar-refractivity contribution in [2.45, 2.75) is 6.54 Å². The number of nitrogens with zero attached hydrogens (tertiary/aromatic N) is 2. The van der Waals surface area contributed by atoms with Gasteiger partial charge in [0.15, 0.2) is 0 Å². The lowest BCUT2D eigenvalue weighted by Gasteiger charge is -2.23. The van der Waals surface area contributed by atoms with Crippen LogP contribution in [0.25, 0.3) is 0 Å². The molecule has 0 unspecified atom stereocenters. The molecule has 0 fully saturated rings. The highest BCUT2D eigenvalue weighted by atomic mass is 16.5. The number of hydrogen-bond acceptors (Lipinski definition) is 5. The van der Waals surface area contributed by atoms with Gasteiger partial charge in [-0.15, -0.1) is 0 Å². The molecule has 2 aromatic carbocycles. The molecule has 1 N–H and O–H groups in total. The van der Waals surface area contributed by atoms with E-state index in [1.807, 2.05) is 12.1 Å². The maximum atomic E-state index is 12.7. The summed E-state index contributed by atoms with van der Waals surface area (Å²) in [7, 11) is 3.12. The van der Waals surface area contributed by atoms with E-state index in [-0.39, 0.29) is 25.6 Å². The maximum absolute atomic E-state index is 12.7. The Morgan fingerprint density at radius 3 is 2.44 bits per heavy atom. The molecule has 0 aliphatic carbocycles. The zero-order valence-corrected chi connectivity index (χ0v) is 14.2. The number of nitriles is 1. The van der Waals surface area contributed by atoms with Crippen LogP contribution in [0.15, 0.2) is 42.5 Å². The average molecular weight is 340 g/mol. The zero-order valence-electron chi connectivity index (χ0n) is 14.2. The van der Waals surface area contributed by atoms with Crippen molar-refractivity contribution in [3.63, 3.8) is 0 Å². The first kappa shape index (κ1) is 18.3. The number of benzene rings is 2. The van der Waals surface area contributed by atoms with Gasteiger partial charge in [0.2, 0.25) is 0 Å². The molecule has 0 aromatic heterocycles. The third-order valence-electron chi connectivity index (χ3n) is 3.77. The topological polar surface area (TPSA) is 82.8 Å². The monoisotopic (exact) mass is 340 g/mol. The average Bonchev–Trinajstić information content (AvgIpc) is 2.67. The van der Waals surface area contributed by atoms with Gasteiger partial charge < -0.3 is 19.5 Å². The van der Waals surface area contributed by atoms with Crippen molar-refractivity contribution in [1.29, 1.82) is 5.26 Å². The van der Waals surface area contributed by atoms with Crippen molar-refractivity contribution in [2.24, 2.45) is 0 Å². The molecule has 25 heavy (non-hydrogen) atoms.